The molecule has 2 aliphatic rings. The van der Waals surface area contributed by atoms with E-state index in [1.165, 1.54) is 38.5 Å². The van der Waals surface area contributed by atoms with E-state index in [0.717, 1.165) is 6.54 Å². The normalized spacial score (nSPS) is 23.2. The van der Waals surface area contributed by atoms with Crippen LogP contribution in [-0.4, -0.2) is 6.54 Å². The van der Waals surface area contributed by atoms with Crippen molar-refractivity contribution in [3.05, 3.63) is 21.4 Å². The van der Waals surface area contributed by atoms with Gasteiger partial charge in [-0.15, -0.1) is 11.3 Å². The molecular weight excluding hydrogens is 190 g/mol. The molecule has 2 N–H and O–H groups in total. The lowest BCUT2D eigenvalue weighted by molar-refractivity contribution is 0.258. The summed E-state index contributed by atoms with van der Waals surface area (Å²) in [7, 11) is 0. The number of fused-ring (bicyclic) bond motifs is 1. The van der Waals surface area contributed by atoms with Gasteiger partial charge < -0.3 is 5.73 Å². The van der Waals surface area contributed by atoms with Crippen LogP contribution in [-0.2, 0) is 18.3 Å². The first-order chi connectivity index (χ1) is 6.84. The molecule has 0 bridgehead atoms. The van der Waals surface area contributed by atoms with E-state index in [4.69, 9.17) is 5.73 Å². The first-order valence-corrected chi connectivity index (χ1v) is 6.48. The molecule has 1 nitrogen and oxygen atoms in total. The summed E-state index contributed by atoms with van der Waals surface area (Å²) in [6.45, 7) is 0.854. The fraction of sp³-hybridized carbons (Fsp3) is 0.667. The van der Waals surface area contributed by atoms with Crippen LogP contribution in [0.1, 0.15) is 41.0 Å². The average Bonchev–Trinajstić information content (AvgIpc) is 2.62. The van der Waals surface area contributed by atoms with Gasteiger partial charge in [-0.25, -0.2) is 0 Å². The lowest BCUT2D eigenvalue weighted by Crippen LogP contribution is -2.40. The van der Waals surface area contributed by atoms with Gasteiger partial charge in [-0.2, -0.15) is 0 Å². The highest BCUT2D eigenvalue weighted by Crippen LogP contribution is 2.47. The molecule has 3 rings (SSSR count). The fourth-order valence-corrected chi connectivity index (χ4v) is 4.25. The molecule has 1 aromatic heterocycles. The van der Waals surface area contributed by atoms with E-state index in [2.05, 4.69) is 6.07 Å². The maximum Gasteiger partial charge on any atom is 0.0170 e. The van der Waals surface area contributed by atoms with Crippen molar-refractivity contribution in [2.45, 2.75) is 43.9 Å². The minimum Gasteiger partial charge on any atom is -0.330 e. The number of thiophene rings is 1. The summed E-state index contributed by atoms with van der Waals surface area (Å²) in [5, 5.41) is 0. The monoisotopic (exact) mass is 207 g/mol. The molecular formula is C12H17NS. The van der Waals surface area contributed by atoms with Gasteiger partial charge in [0.25, 0.3) is 0 Å². The van der Waals surface area contributed by atoms with Crippen LogP contribution >= 0.6 is 11.3 Å². The minimum absolute atomic E-state index is 0.398. The largest absolute Gasteiger partial charge is 0.330 e. The van der Waals surface area contributed by atoms with Crippen LogP contribution in [0.4, 0.5) is 0 Å². The van der Waals surface area contributed by atoms with Gasteiger partial charge in [0.2, 0.25) is 0 Å². The Morgan fingerprint density at radius 3 is 2.71 bits per heavy atom. The van der Waals surface area contributed by atoms with Crippen molar-refractivity contribution in [2.75, 3.05) is 6.54 Å². The third-order valence-electron chi connectivity index (χ3n) is 3.97. The Balaban J connectivity index is 1.96. The second-order valence-corrected chi connectivity index (χ2v) is 5.89. The molecule has 0 aromatic carbocycles. The van der Waals surface area contributed by atoms with E-state index in [1.807, 2.05) is 11.3 Å². The summed E-state index contributed by atoms with van der Waals surface area (Å²) >= 11 is 2.05. The highest BCUT2D eigenvalue weighted by atomic mass is 32.1. The lowest BCUT2D eigenvalue weighted by Gasteiger charge is -2.40. The number of nitrogens with two attached hydrogens (primary N) is 1. The van der Waals surface area contributed by atoms with Crippen LogP contribution in [0.15, 0.2) is 6.07 Å². The third-order valence-corrected chi connectivity index (χ3v) is 5.45. The Hall–Kier alpha value is -0.340. The number of hydrogen-bond acceptors (Lipinski definition) is 2. The van der Waals surface area contributed by atoms with E-state index in [9.17, 15) is 0 Å². The van der Waals surface area contributed by atoms with E-state index < -0.39 is 0 Å². The molecule has 2 aliphatic carbocycles. The predicted octanol–water partition coefficient (Wildman–Crippen LogP) is 2.62. The third kappa shape index (κ3) is 1.10. The van der Waals surface area contributed by atoms with Crippen LogP contribution in [0.25, 0.3) is 0 Å². The van der Waals surface area contributed by atoms with Gasteiger partial charge in [0.15, 0.2) is 0 Å². The van der Waals surface area contributed by atoms with Gasteiger partial charge in [0.05, 0.1) is 0 Å². The maximum absolute atomic E-state index is 5.93. The summed E-state index contributed by atoms with van der Waals surface area (Å²) in [5.74, 6) is 0. The Labute approximate surface area is 89.3 Å². The Bertz CT molecular complexity index is 322. The van der Waals surface area contributed by atoms with Crippen molar-refractivity contribution in [3.63, 3.8) is 0 Å². The Morgan fingerprint density at radius 2 is 2.14 bits per heavy atom. The van der Waals surface area contributed by atoms with Crippen LogP contribution in [0.5, 0.6) is 0 Å². The Morgan fingerprint density at radius 1 is 1.29 bits per heavy atom. The molecule has 0 unspecified atom stereocenters. The quantitative estimate of drug-likeness (QED) is 0.792. The van der Waals surface area contributed by atoms with Crippen molar-refractivity contribution >= 4 is 11.3 Å². The van der Waals surface area contributed by atoms with Gasteiger partial charge in [-0.3, -0.25) is 0 Å². The van der Waals surface area contributed by atoms with Gasteiger partial charge in [0, 0.05) is 21.7 Å². The van der Waals surface area contributed by atoms with Gasteiger partial charge in [0.1, 0.15) is 0 Å². The van der Waals surface area contributed by atoms with Crippen LogP contribution < -0.4 is 5.73 Å². The molecule has 0 atom stereocenters. The van der Waals surface area contributed by atoms with Gasteiger partial charge in [-0.1, -0.05) is 6.42 Å². The highest BCUT2D eigenvalue weighted by Gasteiger charge is 2.39. The zero-order valence-electron chi connectivity index (χ0n) is 8.51. The zero-order chi connectivity index (χ0) is 9.60. The maximum atomic E-state index is 5.93. The van der Waals surface area contributed by atoms with Crippen molar-refractivity contribution in [3.8, 4) is 0 Å². The highest BCUT2D eigenvalue weighted by molar-refractivity contribution is 7.12. The second kappa shape index (κ2) is 3.07. The predicted molar refractivity (Wildman–Crippen MR) is 60.9 cm³/mol. The molecule has 2 heteroatoms. The topological polar surface area (TPSA) is 26.0 Å². The number of rotatable bonds is 2. The summed E-state index contributed by atoms with van der Waals surface area (Å²) in [6.07, 6.45) is 8.02. The second-order valence-electron chi connectivity index (χ2n) is 4.75. The Kier molecular flexibility index (Phi) is 1.96. The zero-order valence-corrected chi connectivity index (χ0v) is 9.33. The molecule has 1 heterocycles. The number of hydrogen-bond donors (Lipinski definition) is 1. The summed E-state index contributed by atoms with van der Waals surface area (Å²) in [6, 6.07) is 2.46. The van der Waals surface area contributed by atoms with Crippen molar-refractivity contribution in [2.24, 2.45) is 5.73 Å². The van der Waals surface area contributed by atoms with E-state index in [0.29, 0.717) is 5.41 Å². The molecule has 76 valence electrons. The summed E-state index contributed by atoms with van der Waals surface area (Å²) < 4.78 is 0. The van der Waals surface area contributed by atoms with E-state index in [1.54, 1.807) is 15.3 Å². The molecule has 0 radical (unpaired) electrons. The molecule has 1 fully saturated rings. The van der Waals surface area contributed by atoms with Crippen molar-refractivity contribution < 1.29 is 0 Å². The molecule has 1 saturated carbocycles. The van der Waals surface area contributed by atoms with Gasteiger partial charge >= 0.3 is 0 Å². The fourth-order valence-electron chi connectivity index (χ4n) is 2.75. The number of aryl methyl sites for hydroxylation is 2. The molecule has 14 heavy (non-hydrogen) atoms. The van der Waals surface area contributed by atoms with Crippen molar-refractivity contribution in [1.82, 2.24) is 0 Å². The average molecular weight is 207 g/mol. The molecule has 1 aromatic rings. The summed E-state index contributed by atoms with van der Waals surface area (Å²) in [5.41, 5.74) is 7.95. The van der Waals surface area contributed by atoms with Gasteiger partial charge in [-0.05, 0) is 43.7 Å². The first-order valence-electron chi connectivity index (χ1n) is 5.66. The van der Waals surface area contributed by atoms with E-state index >= 15 is 0 Å². The van der Waals surface area contributed by atoms with Crippen molar-refractivity contribution in [1.29, 1.82) is 0 Å². The summed E-state index contributed by atoms with van der Waals surface area (Å²) in [4.78, 5) is 3.25. The van der Waals surface area contributed by atoms with Crippen LogP contribution in [0, 0.1) is 0 Å². The molecule has 0 saturated heterocycles. The van der Waals surface area contributed by atoms with E-state index in [-0.39, 0.29) is 0 Å². The first kappa shape index (κ1) is 8.93. The SMILES string of the molecule is NCC1(c2cc3c(s2)CCC3)CCC1. The molecule has 0 aliphatic heterocycles. The lowest BCUT2D eigenvalue weighted by atomic mass is 9.68. The molecule has 0 spiro atoms. The smallest absolute Gasteiger partial charge is 0.0170 e. The van der Waals surface area contributed by atoms with Crippen LogP contribution in [0.2, 0.25) is 0 Å². The molecule has 0 amide bonds. The standard InChI is InChI=1S/C12H17NS/c13-8-12(5-2-6-12)11-7-9-3-1-4-10(9)14-11/h7H,1-6,8,13H2. The minimum atomic E-state index is 0.398. The van der Waals surface area contributed by atoms with Crippen LogP contribution in [0.3, 0.4) is 0 Å².